The zero-order valence-corrected chi connectivity index (χ0v) is 11.3. The van der Waals surface area contributed by atoms with Crippen LogP contribution < -0.4 is 10.1 Å². The summed E-state index contributed by atoms with van der Waals surface area (Å²) in [6.07, 6.45) is 1.98. The van der Waals surface area contributed by atoms with Crippen LogP contribution in [0.3, 0.4) is 0 Å². The molecule has 3 nitrogen and oxygen atoms in total. The molecule has 0 aromatic heterocycles. The van der Waals surface area contributed by atoms with Crippen molar-refractivity contribution in [2.45, 2.75) is 0 Å². The van der Waals surface area contributed by atoms with E-state index in [0.717, 1.165) is 11.3 Å². The number of nitrogens with one attached hydrogen (secondary N) is 1. The lowest BCUT2D eigenvalue weighted by Gasteiger charge is -2.11. The number of rotatable bonds is 5. The van der Waals surface area contributed by atoms with Gasteiger partial charge in [-0.15, -0.1) is 0 Å². The van der Waals surface area contributed by atoms with Gasteiger partial charge in [0.2, 0.25) is 0 Å². The molecule has 2 rings (SSSR count). The third kappa shape index (κ3) is 3.71. The highest BCUT2D eigenvalue weighted by Crippen LogP contribution is 2.21. The second kappa shape index (κ2) is 7.13. The van der Waals surface area contributed by atoms with E-state index < -0.39 is 0 Å². The Morgan fingerprint density at radius 1 is 1.20 bits per heavy atom. The van der Waals surface area contributed by atoms with Gasteiger partial charge in [-0.1, -0.05) is 36.4 Å². The molecule has 0 aliphatic heterocycles. The van der Waals surface area contributed by atoms with Crippen molar-refractivity contribution in [2.75, 3.05) is 13.6 Å². The van der Waals surface area contributed by atoms with Crippen molar-refractivity contribution in [3.8, 4) is 11.8 Å². The summed E-state index contributed by atoms with van der Waals surface area (Å²) in [6.45, 7) is 0.710. The minimum Gasteiger partial charge on any atom is -0.457 e. The van der Waals surface area contributed by atoms with Crippen LogP contribution in [0.4, 0.5) is 0 Å². The lowest BCUT2D eigenvalue weighted by Crippen LogP contribution is -2.07. The topological polar surface area (TPSA) is 45.0 Å². The maximum atomic E-state index is 8.92. The second-order valence-electron chi connectivity index (χ2n) is 4.23. The van der Waals surface area contributed by atoms with Gasteiger partial charge in [0.25, 0.3) is 0 Å². The molecule has 0 amide bonds. The van der Waals surface area contributed by atoms with Crippen molar-refractivity contribution in [1.82, 2.24) is 5.32 Å². The Kier molecular flexibility index (Phi) is 4.94. The van der Waals surface area contributed by atoms with E-state index in [0.29, 0.717) is 17.9 Å². The number of hydrogen-bond acceptors (Lipinski definition) is 3. The molecule has 0 radical (unpaired) electrons. The standard InChI is InChI=1S/C17H16N2O/c1-19-11-10-17(15-7-3-2-4-8-15)20-16-9-5-6-14(12-16)13-18/h2-10,12,19H,11H2,1H3. The van der Waals surface area contributed by atoms with Gasteiger partial charge in [-0.3, -0.25) is 0 Å². The molecule has 0 saturated carbocycles. The first-order valence-corrected chi connectivity index (χ1v) is 6.41. The average molecular weight is 264 g/mol. The Hall–Kier alpha value is -2.57. The summed E-state index contributed by atoms with van der Waals surface area (Å²) in [5.41, 5.74) is 1.59. The monoisotopic (exact) mass is 264 g/mol. The Balaban J connectivity index is 2.27. The van der Waals surface area contributed by atoms with E-state index in [9.17, 15) is 0 Å². The molecule has 0 heterocycles. The quantitative estimate of drug-likeness (QED) is 0.843. The van der Waals surface area contributed by atoms with Crippen molar-refractivity contribution >= 4 is 5.76 Å². The third-order valence-corrected chi connectivity index (χ3v) is 2.74. The van der Waals surface area contributed by atoms with Crippen LogP contribution in [-0.4, -0.2) is 13.6 Å². The molecular weight excluding hydrogens is 248 g/mol. The van der Waals surface area contributed by atoms with Crippen LogP contribution in [0.25, 0.3) is 5.76 Å². The minimum atomic E-state index is 0.587. The van der Waals surface area contributed by atoms with Gasteiger partial charge >= 0.3 is 0 Å². The molecule has 0 aliphatic carbocycles. The van der Waals surface area contributed by atoms with Gasteiger partial charge in [0, 0.05) is 12.1 Å². The molecular formula is C17H16N2O. The zero-order chi connectivity index (χ0) is 14.2. The minimum absolute atomic E-state index is 0.587. The van der Waals surface area contributed by atoms with E-state index >= 15 is 0 Å². The number of nitrogens with zero attached hydrogens (tertiary/aromatic N) is 1. The Labute approximate surface area is 119 Å². The summed E-state index contributed by atoms with van der Waals surface area (Å²) >= 11 is 0. The molecule has 0 spiro atoms. The summed E-state index contributed by atoms with van der Waals surface area (Å²) in [7, 11) is 1.88. The third-order valence-electron chi connectivity index (χ3n) is 2.74. The normalized spacial score (nSPS) is 10.9. The van der Waals surface area contributed by atoms with E-state index in [1.165, 1.54) is 0 Å². The van der Waals surface area contributed by atoms with E-state index in [-0.39, 0.29) is 0 Å². The largest absolute Gasteiger partial charge is 0.457 e. The number of hydrogen-bond donors (Lipinski definition) is 1. The van der Waals surface area contributed by atoms with E-state index in [1.54, 1.807) is 12.1 Å². The van der Waals surface area contributed by atoms with Gasteiger partial charge in [0.15, 0.2) is 0 Å². The van der Waals surface area contributed by atoms with Gasteiger partial charge in [-0.25, -0.2) is 0 Å². The molecule has 1 N–H and O–H groups in total. The highest BCUT2D eigenvalue weighted by atomic mass is 16.5. The van der Waals surface area contributed by atoms with Crippen molar-refractivity contribution in [3.63, 3.8) is 0 Å². The first kappa shape index (κ1) is 13.9. The van der Waals surface area contributed by atoms with Crippen LogP contribution in [0.2, 0.25) is 0 Å². The summed E-state index contributed by atoms with van der Waals surface area (Å²) in [5, 5.41) is 12.0. The Bertz CT molecular complexity index is 627. The zero-order valence-electron chi connectivity index (χ0n) is 11.3. The molecule has 0 saturated heterocycles. The van der Waals surface area contributed by atoms with Gasteiger partial charge in [-0.2, -0.15) is 5.26 Å². The van der Waals surface area contributed by atoms with E-state index in [4.69, 9.17) is 10.00 Å². The second-order valence-corrected chi connectivity index (χ2v) is 4.23. The molecule has 100 valence electrons. The Morgan fingerprint density at radius 3 is 2.70 bits per heavy atom. The molecule has 2 aromatic rings. The number of ether oxygens (including phenoxy) is 1. The molecule has 0 bridgehead atoms. The predicted octanol–water partition coefficient (Wildman–Crippen LogP) is 3.20. The first-order valence-electron chi connectivity index (χ1n) is 6.41. The fourth-order valence-corrected chi connectivity index (χ4v) is 1.77. The van der Waals surface area contributed by atoms with Gasteiger partial charge < -0.3 is 10.1 Å². The highest BCUT2D eigenvalue weighted by molar-refractivity contribution is 5.62. The molecule has 0 atom stereocenters. The van der Waals surface area contributed by atoms with Crippen LogP contribution in [0.1, 0.15) is 11.1 Å². The number of likely N-dealkylation sites (N-methyl/N-ethyl adjacent to an activating group) is 1. The molecule has 2 aromatic carbocycles. The molecule has 20 heavy (non-hydrogen) atoms. The highest BCUT2D eigenvalue weighted by Gasteiger charge is 2.04. The number of benzene rings is 2. The van der Waals surface area contributed by atoms with Gasteiger partial charge in [0.1, 0.15) is 11.5 Å². The van der Waals surface area contributed by atoms with E-state index in [1.807, 2.05) is 55.6 Å². The first-order chi connectivity index (χ1) is 9.83. The van der Waals surface area contributed by atoms with Crippen LogP contribution in [0, 0.1) is 11.3 Å². The van der Waals surface area contributed by atoms with Crippen LogP contribution >= 0.6 is 0 Å². The maximum absolute atomic E-state index is 8.92. The fraction of sp³-hybridized carbons (Fsp3) is 0.118. The maximum Gasteiger partial charge on any atom is 0.131 e. The van der Waals surface area contributed by atoms with Crippen molar-refractivity contribution in [1.29, 1.82) is 5.26 Å². The van der Waals surface area contributed by atoms with Crippen LogP contribution in [0.15, 0.2) is 60.7 Å². The number of nitriles is 1. The molecule has 0 fully saturated rings. The molecule has 3 heteroatoms. The molecule has 0 unspecified atom stereocenters. The lowest BCUT2D eigenvalue weighted by molar-refractivity contribution is 0.512. The van der Waals surface area contributed by atoms with Crippen molar-refractivity contribution in [3.05, 3.63) is 71.8 Å². The van der Waals surface area contributed by atoms with Crippen molar-refractivity contribution < 1.29 is 4.74 Å². The molecule has 0 aliphatic rings. The Morgan fingerprint density at radius 2 is 2.00 bits per heavy atom. The van der Waals surface area contributed by atoms with Gasteiger partial charge in [0.05, 0.1) is 11.6 Å². The average Bonchev–Trinajstić information content (AvgIpc) is 2.52. The van der Waals surface area contributed by atoms with Crippen LogP contribution in [0.5, 0.6) is 5.75 Å². The lowest BCUT2D eigenvalue weighted by atomic mass is 10.1. The summed E-state index contributed by atoms with van der Waals surface area (Å²) in [4.78, 5) is 0. The van der Waals surface area contributed by atoms with Crippen LogP contribution in [-0.2, 0) is 0 Å². The summed E-state index contributed by atoms with van der Waals surface area (Å²) in [6, 6.07) is 19.2. The van der Waals surface area contributed by atoms with Gasteiger partial charge in [-0.05, 0) is 31.3 Å². The smallest absolute Gasteiger partial charge is 0.131 e. The predicted molar refractivity (Wildman–Crippen MR) is 80.1 cm³/mol. The van der Waals surface area contributed by atoms with Crippen molar-refractivity contribution in [2.24, 2.45) is 0 Å². The van der Waals surface area contributed by atoms with E-state index in [2.05, 4.69) is 11.4 Å². The summed E-state index contributed by atoms with van der Waals surface area (Å²) < 4.78 is 5.92. The summed E-state index contributed by atoms with van der Waals surface area (Å²) in [5.74, 6) is 1.44. The SMILES string of the molecule is CNCC=C(Oc1cccc(C#N)c1)c1ccccc1. The fourth-order valence-electron chi connectivity index (χ4n) is 1.77.